The van der Waals surface area contributed by atoms with E-state index in [9.17, 15) is 4.79 Å². The Morgan fingerprint density at radius 3 is 2.67 bits per heavy atom. The van der Waals surface area contributed by atoms with Gasteiger partial charge in [-0.25, -0.2) is 4.79 Å². The highest BCUT2D eigenvalue weighted by molar-refractivity contribution is 5.81. The van der Waals surface area contributed by atoms with Gasteiger partial charge in [0, 0.05) is 19.3 Å². The molecule has 0 amide bonds. The number of ether oxygens (including phenoxy) is 2. The summed E-state index contributed by atoms with van der Waals surface area (Å²) < 4.78 is 10.7. The number of rotatable bonds is 9. The fraction of sp³-hybridized carbons (Fsp3) is 0.833. The Morgan fingerprint density at radius 2 is 2.00 bits per heavy atom. The Morgan fingerprint density at radius 1 is 1.24 bits per heavy atom. The molecule has 3 saturated carbocycles. The van der Waals surface area contributed by atoms with Crippen molar-refractivity contribution in [3.8, 4) is 0 Å². The van der Waals surface area contributed by atoms with Gasteiger partial charge < -0.3 is 9.47 Å². The molecule has 3 atom stereocenters. The maximum Gasteiger partial charge on any atom is 0.330 e. The van der Waals surface area contributed by atoms with Crippen LogP contribution in [-0.4, -0.2) is 25.8 Å². The van der Waals surface area contributed by atoms with E-state index >= 15 is 0 Å². The zero-order valence-electron chi connectivity index (χ0n) is 13.6. The Labute approximate surface area is 129 Å². The van der Waals surface area contributed by atoms with Gasteiger partial charge in [0.15, 0.2) is 0 Å². The number of hydrogen-bond donors (Lipinski definition) is 0. The molecule has 3 fully saturated rings. The van der Waals surface area contributed by atoms with Crippen molar-refractivity contribution in [2.24, 2.45) is 23.2 Å². The first kappa shape index (κ1) is 16.5. The van der Waals surface area contributed by atoms with Gasteiger partial charge in [0.25, 0.3) is 0 Å². The molecule has 3 heteroatoms. The molecule has 0 heterocycles. The standard InChI is InChI=1S/C18H30O3/c1-4-17(19)21-11-6-5-10-20-12-9-14-7-8-15-13-16(14)18(15,2)3/h4,14-16H,1,5-13H2,2-3H3. The maximum atomic E-state index is 10.8. The number of carbonyl (C=O) groups is 1. The van der Waals surface area contributed by atoms with Gasteiger partial charge in [-0.3, -0.25) is 0 Å². The number of hydrogen-bond acceptors (Lipinski definition) is 3. The summed E-state index contributed by atoms with van der Waals surface area (Å²) in [6.07, 6.45) is 8.50. The van der Waals surface area contributed by atoms with Crippen molar-refractivity contribution in [1.82, 2.24) is 0 Å². The summed E-state index contributed by atoms with van der Waals surface area (Å²) in [7, 11) is 0. The van der Waals surface area contributed by atoms with Crippen LogP contribution < -0.4 is 0 Å². The lowest BCUT2D eigenvalue weighted by Crippen LogP contribution is -2.52. The highest BCUT2D eigenvalue weighted by Gasteiger charge is 2.53. The van der Waals surface area contributed by atoms with Crippen molar-refractivity contribution in [2.75, 3.05) is 19.8 Å². The van der Waals surface area contributed by atoms with Gasteiger partial charge in [0.05, 0.1) is 6.61 Å². The molecule has 0 aromatic heterocycles. The van der Waals surface area contributed by atoms with E-state index in [1.807, 2.05) is 0 Å². The van der Waals surface area contributed by atoms with Gasteiger partial charge in [-0.15, -0.1) is 0 Å². The normalized spacial score (nSPS) is 29.5. The van der Waals surface area contributed by atoms with Crippen molar-refractivity contribution in [2.45, 2.75) is 52.4 Å². The first-order valence-corrected chi connectivity index (χ1v) is 8.42. The average Bonchev–Trinajstić information content (AvgIpc) is 2.49. The van der Waals surface area contributed by atoms with Crippen molar-refractivity contribution in [3.05, 3.63) is 12.7 Å². The number of carbonyl (C=O) groups excluding carboxylic acids is 1. The highest BCUT2D eigenvalue weighted by Crippen LogP contribution is 2.61. The molecule has 21 heavy (non-hydrogen) atoms. The lowest BCUT2D eigenvalue weighted by molar-refractivity contribution is -0.137. The van der Waals surface area contributed by atoms with E-state index in [1.54, 1.807) is 0 Å². The van der Waals surface area contributed by atoms with Gasteiger partial charge in [-0.1, -0.05) is 20.4 Å². The van der Waals surface area contributed by atoms with E-state index in [0.717, 1.165) is 43.8 Å². The second kappa shape index (κ2) is 7.44. The molecule has 0 aromatic rings. The minimum atomic E-state index is -0.338. The summed E-state index contributed by atoms with van der Waals surface area (Å²) in [5, 5.41) is 0. The summed E-state index contributed by atoms with van der Waals surface area (Å²) >= 11 is 0. The van der Waals surface area contributed by atoms with Crippen LogP contribution in [0, 0.1) is 23.2 Å². The van der Waals surface area contributed by atoms with Crippen LogP contribution in [0.2, 0.25) is 0 Å². The Bertz CT molecular complexity index is 359. The monoisotopic (exact) mass is 294 g/mol. The Kier molecular flexibility index (Phi) is 5.86. The van der Waals surface area contributed by atoms with Crippen LogP contribution in [0.4, 0.5) is 0 Å². The average molecular weight is 294 g/mol. The van der Waals surface area contributed by atoms with E-state index in [0.29, 0.717) is 12.0 Å². The zero-order chi connectivity index (χ0) is 15.3. The molecule has 0 aromatic carbocycles. The fourth-order valence-electron chi connectivity index (χ4n) is 4.18. The van der Waals surface area contributed by atoms with E-state index in [2.05, 4.69) is 20.4 Å². The number of unbranched alkanes of at least 4 members (excludes halogenated alkanes) is 1. The Balaban J connectivity index is 1.47. The van der Waals surface area contributed by atoms with Crippen molar-refractivity contribution < 1.29 is 14.3 Å². The molecule has 0 aliphatic heterocycles. The molecule has 0 spiro atoms. The summed E-state index contributed by atoms with van der Waals surface area (Å²) in [4.78, 5) is 10.8. The van der Waals surface area contributed by atoms with E-state index in [1.165, 1.54) is 31.8 Å². The summed E-state index contributed by atoms with van der Waals surface area (Å²) in [6.45, 7) is 10.4. The van der Waals surface area contributed by atoms with Crippen LogP contribution in [0.3, 0.4) is 0 Å². The van der Waals surface area contributed by atoms with Crippen LogP contribution in [-0.2, 0) is 14.3 Å². The molecule has 120 valence electrons. The molecular formula is C18H30O3. The third-order valence-corrected chi connectivity index (χ3v) is 5.73. The van der Waals surface area contributed by atoms with E-state index in [4.69, 9.17) is 9.47 Å². The maximum absolute atomic E-state index is 10.8. The predicted molar refractivity (Wildman–Crippen MR) is 83.9 cm³/mol. The molecule has 0 saturated heterocycles. The first-order chi connectivity index (χ1) is 10.1. The fourth-order valence-corrected chi connectivity index (χ4v) is 4.18. The summed E-state index contributed by atoms with van der Waals surface area (Å²) in [5.74, 6) is 2.45. The van der Waals surface area contributed by atoms with Crippen LogP contribution in [0.5, 0.6) is 0 Å². The number of fused-ring (bicyclic) bond motifs is 2. The van der Waals surface area contributed by atoms with Gasteiger partial charge in [0.1, 0.15) is 0 Å². The van der Waals surface area contributed by atoms with Crippen LogP contribution >= 0.6 is 0 Å². The topological polar surface area (TPSA) is 35.5 Å². The van der Waals surface area contributed by atoms with Crippen molar-refractivity contribution in [3.63, 3.8) is 0 Å². The molecular weight excluding hydrogens is 264 g/mol. The Hall–Kier alpha value is -0.830. The van der Waals surface area contributed by atoms with Crippen molar-refractivity contribution in [1.29, 1.82) is 0 Å². The van der Waals surface area contributed by atoms with Crippen LogP contribution in [0.25, 0.3) is 0 Å². The van der Waals surface area contributed by atoms with Crippen LogP contribution in [0.1, 0.15) is 52.4 Å². The summed E-state index contributed by atoms with van der Waals surface area (Å²) in [5.41, 5.74) is 0.581. The second-order valence-electron chi connectivity index (χ2n) is 7.18. The molecule has 3 aliphatic rings. The lowest BCUT2D eigenvalue weighted by atomic mass is 9.45. The molecule has 3 aliphatic carbocycles. The van der Waals surface area contributed by atoms with Gasteiger partial charge in [-0.05, 0) is 61.7 Å². The zero-order valence-corrected chi connectivity index (χ0v) is 13.6. The highest BCUT2D eigenvalue weighted by atomic mass is 16.5. The molecule has 0 radical (unpaired) electrons. The first-order valence-electron chi connectivity index (χ1n) is 8.42. The molecule has 3 rings (SSSR count). The minimum absolute atomic E-state index is 0.338. The van der Waals surface area contributed by atoms with Gasteiger partial charge in [-0.2, -0.15) is 0 Å². The minimum Gasteiger partial charge on any atom is -0.463 e. The molecule has 2 bridgehead atoms. The lowest BCUT2D eigenvalue weighted by Gasteiger charge is -2.60. The molecule has 0 N–H and O–H groups in total. The largest absolute Gasteiger partial charge is 0.463 e. The summed E-state index contributed by atoms with van der Waals surface area (Å²) in [6, 6.07) is 0. The quantitative estimate of drug-likeness (QED) is 0.366. The number of esters is 1. The van der Waals surface area contributed by atoms with E-state index < -0.39 is 0 Å². The van der Waals surface area contributed by atoms with E-state index in [-0.39, 0.29) is 5.97 Å². The predicted octanol–water partition coefficient (Wildman–Crippen LogP) is 3.97. The SMILES string of the molecule is C=CC(=O)OCCCCOCCC1CCC2CC1C2(C)C. The second-order valence-corrected chi connectivity index (χ2v) is 7.18. The van der Waals surface area contributed by atoms with Crippen LogP contribution in [0.15, 0.2) is 12.7 Å². The molecule has 3 nitrogen and oxygen atoms in total. The van der Waals surface area contributed by atoms with Gasteiger partial charge in [0.2, 0.25) is 0 Å². The molecule has 3 unspecified atom stereocenters. The third-order valence-electron chi connectivity index (χ3n) is 5.73. The van der Waals surface area contributed by atoms with Crippen molar-refractivity contribution >= 4 is 5.97 Å². The smallest absolute Gasteiger partial charge is 0.330 e. The van der Waals surface area contributed by atoms with Gasteiger partial charge >= 0.3 is 5.97 Å². The third kappa shape index (κ3) is 4.09.